The minimum absolute atomic E-state index is 0.115. The number of piperidine rings is 1. The van der Waals surface area contributed by atoms with Crippen molar-refractivity contribution in [2.45, 2.75) is 25.7 Å². The second kappa shape index (κ2) is 9.13. The van der Waals surface area contributed by atoms with E-state index in [4.69, 9.17) is 9.47 Å². The van der Waals surface area contributed by atoms with Gasteiger partial charge in [-0.25, -0.2) is 13.8 Å². The molecule has 5 nitrogen and oxygen atoms in total. The molecule has 3 aromatic rings. The summed E-state index contributed by atoms with van der Waals surface area (Å²) in [7, 11) is 0. The van der Waals surface area contributed by atoms with Gasteiger partial charge in [0.15, 0.2) is 5.82 Å². The van der Waals surface area contributed by atoms with Crippen LogP contribution >= 0.6 is 0 Å². The number of rotatable bonds is 7. The number of hydrogen-bond donors (Lipinski definition) is 0. The Morgan fingerprint density at radius 3 is 2.38 bits per heavy atom. The Morgan fingerprint density at radius 2 is 1.62 bits per heavy atom. The lowest BCUT2D eigenvalue weighted by atomic mass is 10.1. The van der Waals surface area contributed by atoms with Crippen molar-refractivity contribution in [2.75, 3.05) is 26.2 Å². The Bertz CT molecular complexity index is 944. The summed E-state index contributed by atoms with van der Waals surface area (Å²) in [6, 6.07) is 14.0. The van der Waals surface area contributed by atoms with Crippen LogP contribution in [0.4, 0.5) is 8.78 Å². The van der Waals surface area contributed by atoms with Gasteiger partial charge in [0.25, 0.3) is 6.43 Å². The molecule has 0 saturated carbocycles. The number of hydrogen-bond acceptors (Lipinski definition) is 5. The molecule has 4 rings (SSSR count). The summed E-state index contributed by atoms with van der Waals surface area (Å²) in [4.78, 5) is 10.2. The topological polar surface area (TPSA) is 47.5 Å². The van der Waals surface area contributed by atoms with Gasteiger partial charge in [-0.1, -0.05) is 18.6 Å². The van der Waals surface area contributed by atoms with Gasteiger partial charge in [0.1, 0.15) is 18.1 Å². The van der Waals surface area contributed by atoms with Crippen LogP contribution in [0.1, 0.15) is 31.5 Å². The first kappa shape index (κ1) is 19.5. The molecule has 1 aliphatic heterocycles. The molecule has 7 heteroatoms. The minimum Gasteiger partial charge on any atom is -0.492 e. The summed E-state index contributed by atoms with van der Waals surface area (Å²) in [6.45, 7) is 3.84. The molecule has 2 heterocycles. The molecule has 0 amide bonds. The van der Waals surface area contributed by atoms with Gasteiger partial charge in [0.2, 0.25) is 5.88 Å². The van der Waals surface area contributed by atoms with Gasteiger partial charge in [-0.15, -0.1) is 0 Å². The second-order valence-corrected chi connectivity index (χ2v) is 7.03. The SMILES string of the molecule is FC(F)c1nc(Oc2ccc(OCCN3CCCCC3)cc2)c2ccccc2n1. The summed E-state index contributed by atoms with van der Waals surface area (Å²) < 4.78 is 37.8. The lowest BCUT2D eigenvalue weighted by Gasteiger charge is -2.26. The van der Waals surface area contributed by atoms with Crippen molar-refractivity contribution < 1.29 is 18.3 Å². The number of alkyl halides is 2. The average molecular weight is 399 g/mol. The average Bonchev–Trinajstić information content (AvgIpc) is 2.75. The highest BCUT2D eigenvalue weighted by atomic mass is 19.3. The molecule has 1 aromatic heterocycles. The minimum atomic E-state index is -2.77. The monoisotopic (exact) mass is 399 g/mol. The van der Waals surface area contributed by atoms with E-state index in [-0.39, 0.29) is 5.88 Å². The highest BCUT2D eigenvalue weighted by Crippen LogP contribution is 2.30. The predicted molar refractivity (Wildman–Crippen MR) is 107 cm³/mol. The maximum Gasteiger partial charge on any atom is 0.297 e. The number of likely N-dealkylation sites (tertiary alicyclic amines) is 1. The molecule has 0 unspecified atom stereocenters. The molecule has 1 saturated heterocycles. The Morgan fingerprint density at radius 1 is 0.897 bits per heavy atom. The Hall–Kier alpha value is -2.80. The first-order valence-corrected chi connectivity index (χ1v) is 9.87. The molecular formula is C22H23F2N3O2. The van der Waals surface area contributed by atoms with E-state index < -0.39 is 12.2 Å². The lowest BCUT2D eigenvalue weighted by molar-refractivity contribution is 0.140. The summed E-state index contributed by atoms with van der Waals surface area (Å²) in [5, 5.41) is 0.582. The van der Waals surface area contributed by atoms with Crippen molar-refractivity contribution in [3.8, 4) is 17.4 Å². The first-order chi connectivity index (χ1) is 14.2. The number of para-hydroxylation sites is 1. The van der Waals surface area contributed by atoms with E-state index in [2.05, 4.69) is 14.9 Å². The molecule has 0 radical (unpaired) electrons. The predicted octanol–water partition coefficient (Wildman–Crippen LogP) is 5.22. The maximum atomic E-state index is 13.1. The number of aromatic nitrogens is 2. The van der Waals surface area contributed by atoms with Gasteiger partial charge < -0.3 is 9.47 Å². The van der Waals surface area contributed by atoms with Crippen molar-refractivity contribution in [3.05, 3.63) is 54.4 Å². The standard InChI is InChI=1S/C22H23F2N3O2/c23-20(24)21-25-19-7-3-2-6-18(19)22(26-21)29-17-10-8-16(9-11-17)28-15-14-27-12-4-1-5-13-27/h2-3,6-11,20H,1,4-5,12-15H2. The van der Waals surface area contributed by atoms with Crippen LogP contribution in [0.2, 0.25) is 0 Å². The highest BCUT2D eigenvalue weighted by Gasteiger charge is 2.16. The molecule has 152 valence electrons. The Kier molecular flexibility index (Phi) is 6.14. The van der Waals surface area contributed by atoms with Crippen LogP contribution < -0.4 is 9.47 Å². The Labute approximate surface area is 168 Å². The van der Waals surface area contributed by atoms with Crippen molar-refractivity contribution >= 4 is 10.9 Å². The number of halogens is 2. The van der Waals surface area contributed by atoms with Crippen molar-refractivity contribution in [1.29, 1.82) is 0 Å². The zero-order chi connectivity index (χ0) is 20.1. The van der Waals surface area contributed by atoms with E-state index in [9.17, 15) is 8.78 Å². The molecule has 0 atom stereocenters. The van der Waals surface area contributed by atoms with Crippen LogP contribution in [0.25, 0.3) is 10.9 Å². The molecule has 0 aliphatic carbocycles. The molecule has 1 aliphatic rings. The third kappa shape index (κ3) is 4.98. The van der Waals surface area contributed by atoms with Crippen LogP contribution in [-0.4, -0.2) is 41.1 Å². The van der Waals surface area contributed by atoms with E-state index >= 15 is 0 Å². The quantitative estimate of drug-likeness (QED) is 0.545. The summed E-state index contributed by atoms with van der Waals surface area (Å²) >= 11 is 0. The zero-order valence-electron chi connectivity index (χ0n) is 16.1. The van der Waals surface area contributed by atoms with Crippen LogP contribution in [0, 0.1) is 0 Å². The van der Waals surface area contributed by atoms with Crippen LogP contribution in [-0.2, 0) is 0 Å². The molecule has 2 aromatic carbocycles. The number of nitrogens with zero attached hydrogens (tertiary/aromatic N) is 3. The molecule has 0 N–H and O–H groups in total. The summed E-state index contributed by atoms with van der Waals surface area (Å²) in [6.07, 6.45) is 1.07. The van der Waals surface area contributed by atoms with Gasteiger partial charge in [-0.3, -0.25) is 4.90 Å². The van der Waals surface area contributed by atoms with Gasteiger partial charge >= 0.3 is 0 Å². The fourth-order valence-electron chi connectivity index (χ4n) is 3.43. The fraction of sp³-hybridized carbons (Fsp3) is 0.364. The third-order valence-electron chi connectivity index (χ3n) is 4.94. The number of ether oxygens (including phenoxy) is 2. The summed E-state index contributed by atoms with van der Waals surface area (Å²) in [5.41, 5.74) is 0.422. The van der Waals surface area contributed by atoms with E-state index in [1.54, 1.807) is 36.4 Å². The largest absolute Gasteiger partial charge is 0.492 e. The highest BCUT2D eigenvalue weighted by molar-refractivity contribution is 5.83. The summed E-state index contributed by atoms with van der Waals surface area (Å²) in [5.74, 6) is 0.814. The normalized spacial score (nSPS) is 15.0. The third-order valence-corrected chi connectivity index (χ3v) is 4.94. The number of benzene rings is 2. The fourth-order valence-corrected chi connectivity index (χ4v) is 3.43. The smallest absolute Gasteiger partial charge is 0.297 e. The van der Waals surface area contributed by atoms with Crippen molar-refractivity contribution in [3.63, 3.8) is 0 Å². The number of fused-ring (bicyclic) bond motifs is 1. The lowest BCUT2D eigenvalue weighted by Crippen LogP contribution is -2.33. The van der Waals surface area contributed by atoms with Gasteiger partial charge in [0.05, 0.1) is 10.9 Å². The van der Waals surface area contributed by atoms with Gasteiger partial charge in [-0.05, 0) is 62.3 Å². The molecule has 0 spiro atoms. The van der Waals surface area contributed by atoms with Crippen LogP contribution in [0.15, 0.2) is 48.5 Å². The molecular weight excluding hydrogens is 376 g/mol. The second-order valence-electron chi connectivity index (χ2n) is 7.03. The maximum absolute atomic E-state index is 13.1. The van der Waals surface area contributed by atoms with E-state index in [1.165, 1.54) is 19.3 Å². The van der Waals surface area contributed by atoms with E-state index in [1.807, 2.05) is 12.1 Å². The molecule has 0 bridgehead atoms. The van der Waals surface area contributed by atoms with Gasteiger partial charge in [-0.2, -0.15) is 4.98 Å². The van der Waals surface area contributed by atoms with E-state index in [0.29, 0.717) is 23.3 Å². The van der Waals surface area contributed by atoms with Crippen molar-refractivity contribution in [1.82, 2.24) is 14.9 Å². The van der Waals surface area contributed by atoms with Crippen LogP contribution in [0.5, 0.6) is 17.4 Å². The zero-order valence-corrected chi connectivity index (χ0v) is 16.1. The first-order valence-electron chi connectivity index (χ1n) is 9.87. The molecule has 1 fully saturated rings. The molecule has 29 heavy (non-hydrogen) atoms. The van der Waals surface area contributed by atoms with Gasteiger partial charge in [0, 0.05) is 6.54 Å². The van der Waals surface area contributed by atoms with E-state index in [0.717, 1.165) is 25.4 Å². The van der Waals surface area contributed by atoms with Crippen molar-refractivity contribution in [2.24, 2.45) is 0 Å². The Balaban J connectivity index is 1.42. The van der Waals surface area contributed by atoms with Crippen LogP contribution in [0.3, 0.4) is 0 Å².